The monoisotopic (exact) mass is 489 g/mol. The lowest BCUT2D eigenvalue weighted by Gasteiger charge is -2.25. The summed E-state index contributed by atoms with van der Waals surface area (Å²) in [4.78, 5) is 36.8. The minimum atomic E-state index is -0.833. The van der Waals surface area contributed by atoms with Crippen LogP contribution in [0.5, 0.6) is 0 Å². The molecule has 0 aromatic carbocycles. The molecule has 192 valence electrons. The Morgan fingerprint density at radius 2 is 1.69 bits per heavy atom. The summed E-state index contributed by atoms with van der Waals surface area (Å²) in [7, 11) is 0. The van der Waals surface area contributed by atoms with Crippen LogP contribution in [0.1, 0.15) is 68.0 Å². The highest BCUT2D eigenvalue weighted by atomic mass is 16.4. The second-order valence-corrected chi connectivity index (χ2v) is 8.89. The van der Waals surface area contributed by atoms with Gasteiger partial charge in [0.2, 0.25) is 0 Å². The zero-order valence-corrected chi connectivity index (χ0v) is 20.2. The van der Waals surface area contributed by atoms with E-state index in [0.29, 0.717) is 29.5 Å². The van der Waals surface area contributed by atoms with E-state index in [2.05, 4.69) is 15.3 Å². The zero-order valence-electron chi connectivity index (χ0n) is 20.2. The lowest BCUT2D eigenvalue weighted by molar-refractivity contribution is -0.135. The topological polar surface area (TPSA) is 191 Å². The minimum Gasteiger partial charge on any atom is -0.481 e. The molecule has 1 unspecified atom stereocenters. The molecule has 1 amide bonds. The van der Waals surface area contributed by atoms with Crippen molar-refractivity contribution in [3.63, 3.8) is 0 Å². The van der Waals surface area contributed by atoms with Crippen molar-refractivity contribution in [3.8, 4) is 0 Å². The molecule has 2 aromatic rings. The Morgan fingerprint density at radius 3 is 2.26 bits per heavy atom. The molecular weight excluding hydrogens is 454 g/mol. The summed E-state index contributed by atoms with van der Waals surface area (Å²) in [6.07, 6.45) is 9.53. The summed E-state index contributed by atoms with van der Waals surface area (Å²) >= 11 is 0. The van der Waals surface area contributed by atoms with E-state index in [9.17, 15) is 4.79 Å². The van der Waals surface area contributed by atoms with Gasteiger partial charge in [-0.1, -0.05) is 11.3 Å². The van der Waals surface area contributed by atoms with E-state index in [4.69, 9.17) is 31.3 Å². The Labute approximate surface area is 204 Å². The van der Waals surface area contributed by atoms with E-state index in [1.165, 1.54) is 0 Å². The molecule has 0 radical (unpaired) electrons. The molecule has 12 nitrogen and oxygen atoms in total. The number of carboxylic acids is 2. The molecule has 2 aromatic heterocycles. The molecule has 1 atom stereocenters. The van der Waals surface area contributed by atoms with Crippen molar-refractivity contribution in [2.75, 3.05) is 18.8 Å². The second kappa shape index (κ2) is 13.4. The number of pyridine rings is 1. The van der Waals surface area contributed by atoms with Crippen LogP contribution in [0, 0.1) is 5.92 Å². The molecule has 1 aliphatic heterocycles. The van der Waals surface area contributed by atoms with E-state index < -0.39 is 11.9 Å². The summed E-state index contributed by atoms with van der Waals surface area (Å²) < 4.78 is 1.85. The largest absolute Gasteiger partial charge is 0.481 e. The lowest BCUT2D eigenvalue weighted by atomic mass is 9.92. The Kier molecular flexibility index (Phi) is 10.6. The van der Waals surface area contributed by atoms with Gasteiger partial charge in [0, 0.05) is 39.2 Å². The van der Waals surface area contributed by atoms with Gasteiger partial charge in [-0.3, -0.25) is 14.4 Å². The van der Waals surface area contributed by atoms with Gasteiger partial charge in [0.05, 0.1) is 12.2 Å². The number of aromatic nitrogens is 4. The predicted molar refractivity (Wildman–Crippen MR) is 128 cm³/mol. The van der Waals surface area contributed by atoms with Crippen LogP contribution >= 0.6 is 0 Å². The molecular formula is C23H35N7O5. The molecule has 35 heavy (non-hydrogen) atoms. The van der Waals surface area contributed by atoms with Gasteiger partial charge < -0.3 is 26.6 Å². The first-order chi connectivity index (χ1) is 16.5. The summed E-state index contributed by atoms with van der Waals surface area (Å²) in [6, 6.07) is 4.44. The number of carboxylic acid groups (broad SMARTS) is 2. The number of aliphatic carboxylic acids is 2. The third-order valence-corrected chi connectivity index (χ3v) is 5.79. The van der Waals surface area contributed by atoms with Crippen molar-refractivity contribution in [2.24, 2.45) is 11.7 Å². The average Bonchev–Trinajstić information content (AvgIpc) is 3.45. The Hall–Kier alpha value is -3.54. The van der Waals surface area contributed by atoms with Crippen LogP contribution in [0.25, 0.3) is 0 Å². The van der Waals surface area contributed by atoms with Crippen LogP contribution in [-0.2, 0) is 16.0 Å². The van der Waals surface area contributed by atoms with Gasteiger partial charge in [0.25, 0.3) is 17.8 Å². The number of nitrogens with two attached hydrogens (primary N) is 2. The minimum absolute atomic E-state index is 0.0216. The lowest BCUT2D eigenvalue weighted by Crippen LogP contribution is -2.29. The number of amides is 1. The van der Waals surface area contributed by atoms with Gasteiger partial charge >= 0.3 is 0 Å². The van der Waals surface area contributed by atoms with Crippen molar-refractivity contribution in [2.45, 2.75) is 64.5 Å². The molecule has 12 heteroatoms. The summed E-state index contributed by atoms with van der Waals surface area (Å²) in [5.41, 5.74) is 13.2. The SMILES string of the molecule is CC(=O)O.CC(=O)O.Nc1ccc(CC2CCN(C(=O)c3cn(C4CCC(N)CC4)nn3)C2)cn1. The molecule has 1 saturated heterocycles. The summed E-state index contributed by atoms with van der Waals surface area (Å²) in [5.74, 6) is -0.717. The van der Waals surface area contributed by atoms with Crippen molar-refractivity contribution in [1.82, 2.24) is 24.9 Å². The first kappa shape index (κ1) is 27.7. The molecule has 6 N–H and O–H groups in total. The Bertz CT molecular complexity index is 951. The van der Waals surface area contributed by atoms with E-state index in [1.807, 2.05) is 27.9 Å². The standard InChI is InChI=1S/C19H27N7O.2C2H4O2/c20-15-2-4-16(5-3-15)26-12-17(23-24-26)19(27)25-8-7-14(11-25)9-13-1-6-18(21)22-10-13;2*1-2(3)4/h1,6,10,12,14-16H,2-5,7-9,11,20H2,(H2,21,22);2*1H3,(H,3,4). The zero-order chi connectivity index (χ0) is 26.0. The summed E-state index contributed by atoms with van der Waals surface area (Å²) in [5, 5.41) is 23.2. The quantitative estimate of drug-likeness (QED) is 0.490. The number of hydrogen-bond acceptors (Lipinski definition) is 8. The van der Waals surface area contributed by atoms with Crippen LogP contribution in [0.15, 0.2) is 24.5 Å². The molecule has 0 spiro atoms. The molecule has 1 saturated carbocycles. The molecule has 4 rings (SSSR count). The van der Waals surface area contributed by atoms with Crippen molar-refractivity contribution < 1.29 is 24.6 Å². The van der Waals surface area contributed by atoms with Gasteiger partial charge in [-0.25, -0.2) is 9.67 Å². The number of carbonyl (C=O) groups is 3. The van der Waals surface area contributed by atoms with Crippen molar-refractivity contribution >= 4 is 23.7 Å². The normalized spacial score (nSPS) is 21.2. The van der Waals surface area contributed by atoms with Crippen LogP contribution in [0.3, 0.4) is 0 Å². The van der Waals surface area contributed by atoms with Gasteiger partial charge in [0.15, 0.2) is 5.69 Å². The third kappa shape index (κ3) is 9.69. The first-order valence-electron chi connectivity index (χ1n) is 11.6. The van der Waals surface area contributed by atoms with Crippen molar-refractivity contribution in [3.05, 3.63) is 35.8 Å². The van der Waals surface area contributed by atoms with Gasteiger partial charge in [-0.05, 0) is 56.1 Å². The molecule has 2 aliphatic rings. The third-order valence-electron chi connectivity index (χ3n) is 5.79. The van der Waals surface area contributed by atoms with E-state index in [0.717, 1.165) is 71.0 Å². The summed E-state index contributed by atoms with van der Waals surface area (Å²) in [6.45, 7) is 3.67. The number of hydrogen-bond donors (Lipinski definition) is 4. The fraction of sp³-hybridized carbons (Fsp3) is 0.565. The number of nitrogens with zero attached hydrogens (tertiary/aromatic N) is 5. The van der Waals surface area contributed by atoms with Crippen LogP contribution < -0.4 is 11.5 Å². The van der Waals surface area contributed by atoms with Crippen molar-refractivity contribution in [1.29, 1.82) is 0 Å². The van der Waals surface area contributed by atoms with E-state index in [1.54, 1.807) is 6.20 Å². The second-order valence-electron chi connectivity index (χ2n) is 8.89. The maximum Gasteiger partial charge on any atom is 0.300 e. The smallest absolute Gasteiger partial charge is 0.300 e. The highest BCUT2D eigenvalue weighted by molar-refractivity contribution is 5.92. The van der Waals surface area contributed by atoms with Crippen LogP contribution in [-0.4, -0.2) is 72.1 Å². The highest BCUT2D eigenvalue weighted by Crippen LogP contribution is 2.27. The van der Waals surface area contributed by atoms with E-state index in [-0.39, 0.29) is 5.91 Å². The van der Waals surface area contributed by atoms with Gasteiger partial charge in [-0.2, -0.15) is 0 Å². The first-order valence-corrected chi connectivity index (χ1v) is 11.6. The fourth-order valence-electron chi connectivity index (χ4n) is 4.16. The molecule has 1 aliphatic carbocycles. The Balaban J connectivity index is 0.000000473. The number of nitrogen functional groups attached to an aromatic ring is 1. The highest BCUT2D eigenvalue weighted by Gasteiger charge is 2.29. The molecule has 3 heterocycles. The predicted octanol–water partition coefficient (Wildman–Crippen LogP) is 1.58. The maximum absolute atomic E-state index is 12.8. The number of carbonyl (C=O) groups excluding carboxylic acids is 1. The molecule has 2 fully saturated rings. The average molecular weight is 490 g/mol. The fourth-order valence-corrected chi connectivity index (χ4v) is 4.16. The van der Waals surface area contributed by atoms with E-state index >= 15 is 0 Å². The number of anilines is 1. The maximum atomic E-state index is 12.8. The number of rotatable bonds is 4. The van der Waals surface area contributed by atoms with Gasteiger partial charge in [-0.15, -0.1) is 5.10 Å². The number of likely N-dealkylation sites (tertiary alicyclic amines) is 1. The van der Waals surface area contributed by atoms with Crippen LogP contribution in [0.2, 0.25) is 0 Å². The molecule has 0 bridgehead atoms. The van der Waals surface area contributed by atoms with Crippen LogP contribution in [0.4, 0.5) is 5.82 Å². The van der Waals surface area contributed by atoms with Gasteiger partial charge in [0.1, 0.15) is 5.82 Å². The Morgan fingerprint density at radius 1 is 1.06 bits per heavy atom.